The van der Waals surface area contributed by atoms with Crippen LogP contribution in [0.4, 0.5) is 0 Å². The van der Waals surface area contributed by atoms with Gasteiger partial charge in [-0.15, -0.1) is 11.3 Å². The van der Waals surface area contributed by atoms with Crippen LogP contribution in [0.2, 0.25) is 4.34 Å². The van der Waals surface area contributed by atoms with Crippen LogP contribution in [0.5, 0.6) is 0 Å². The van der Waals surface area contributed by atoms with Crippen molar-refractivity contribution in [2.45, 2.75) is 0 Å². The van der Waals surface area contributed by atoms with Crippen molar-refractivity contribution >= 4 is 44.8 Å². The lowest BCUT2D eigenvalue weighted by Crippen LogP contribution is -1.97. The van der Waals surface area contributed by atoms with E-state index in [0.29, 0.717) is 9.21 Å². The highest BCUT2D eigenvalue weighted by molar-refractivity contribution is 9.10. The number of carbonyl (C=O) groups excluding carboxylic acids is 1. The Morgan fingerprint density at radius 2 is 2.35 bits per heavy atom. The number of thiophene rings is 1. The molecule has 2 aromatic heterocycles. The first-order valence-corrected chi connectivity index (χ1v) is 6.59. The van der Waals surface area contributed by atoms with E-state index in [1.165, 1.54) is 18.4 Å². The molecule has 90 valence electrons. The second-order valence-electron chi connectivity index (χ2n) is 3.25. The molecule has 2 heterocycles. The van der Waals surface area contributed by atoms with Gasteiger partial charge in [0.2, 0.25) is 0 Å². The maximum atomic E-state index is 11.4. The summed E-state index contributed by atoms with van der Waals surface area (Å²) in [5, 5.41) is 4.11. The minimum Gasteiger partial charge on any atom is -0.465 e. The Morgan fingerprint density at radius 1 is 1.65 bits per heavy atom. The molecule has 0 N–H and O–H groups in total. The molecule has 0 aromatic carbocycles. The van der Waals surface area contributed by atoms with Gasteiger partial charge in [0.1, 0.15) is 9.21 Å². The van der Waals surface area contributed by atoms with Gasteiger partial charge in [-0.25, -0.2) is 4.79 Å². The van der Waals surface area contributed by atoms with E-state index in [1.54, 1.807) is 16.9 Å². The van der Waals surface area contributed by atoms with Gasteiger partial charge >= 0.3 is 5.97 Å². The summed E-state index contributed by atoms with van der Waals surface area (Å²) in [4.78, 5) is 11.9. The molecule has 0 aliphatic heterocycles. The summed E-state index contributed by atoms with van der Waals surface area (Å²) in [5.74, 6) is -0.388. The Balaban J connectivity index is 2.54. The molecule has 4 nitrogen and oxygen atoms in total. The first-order valence-electron chi connectivity index (χ1n) is 4.60. The molecule has 7 heteroatoms. The number of esters is 1. The van der Waals surface area contributed by atoms with Crippen LogP contribution in [-0.2, 0) is 11.8 Å². The molecule has 2 aromatic rings. The standard InChI is InChI=1S/C10H8BrClN2O2S/c1-14-8(6(11)4-13-14)5-3-7(10(15)16-2)17-9(5)12/h3-4H,1-2H3. The molecule has 17 heavy (non-hydrogen) atoms. The Bertz CT molecular complexity index is 559. The van der Waals surface area contributed by atoms with Gasteiger partial charge < -0.3 is 4.74 Å². The Labute approximate surface area is 115 Å². The molecule has 0 atom stereocenters. The number of halogens is 2. The molecule has 0 amide bonds. The van der Waals surface area contributed by atoms with Crippen LogP contribution >= 0.6 is 38.9 Å². The summed E-state index contributed by atoms with van der Waals surface area (Å²) >= 11 is 10.7. The van der Waals surface area contributed by atoms with E-state index in [0.717, 1.165) is 15.7 Å². The van der Waals surface area contributed by atoms with Crippen LogP contribution in [0, 0.1) is 0 Å². The summed E-state index contributed by atoms with van der Waals surface area (Å²) in [5.41, 5.74) is 1.60. The minimum absolute atomic E-state index is 0.388. The maximum absolute atomic E-state index is 11.4. The fourth-order valence-electron chi connectivity index (χ4n) is 1.45. The first kappa shape index (κ1) is 12.6. The normalized spacial score (nSPS) is 10.6. The predicted molar refractivity (Wildman–Crippen MR) is 70.6 cm³/mol. The number of methoxy groups -OCH3 is 1. The maximum Gasteiger partial charge on any atom is 0.348 e. The highest BCUT2D eigenvalue weighted by Gasteiger charge is 2.19. The number of nitrogens with zero attached hydrogens (tertiary/aromatic N) is 2. The van der Waals surface area contributed by atoms with E-state index >= 15 is 0 Å². The highest BCUT2D eigenvalue weighted by Crippen LogP contribution is 2.38. The number of hydrogen-bond acceptors (Lipinski definition) is 4. The van der Waals surface area contributed by atoms with Crippen molar-refractivity contribution in [3.8, 4) is 11.3 Å². The number of hydrogen-bond donors (Lipinski definition) is 0. The second-order valence-corrected chi connectivity index (χ2v) is 5.76. The molecule has 2 rings (SSSR count). The van der Waals surface area contributed by atoms with Gasteiger partial charge in [0.25, 0.3) is 0 Å². The van der Waals surface area contributed by atoms with Gasteiger partial charge in [-0.3, -0.25) is 4.68 Å². The predicted octanol–water partition coefficient (Wildman–Crippen LogP) is 3.35. The van der Waals surface area contributed by atoms with Crippen molar-refractivity contribution < 1.29 is 9.53 Å². The van der Waals surface area contributed by atoms with E-state index in [1.807, 2.05) is 7.05 Å². The average Bonchev–Trinajstić information content (AvgIpc) is 2.82. The summed E-state index contributed by atoms with van der Waals surface area (Å²) in [7, 11) is 3.15. The van der Waals surface area contributed by atoms with Gasteiger partial charge in [-0.2, -0.15) is 5.10 Å². The Morgan fingerprint density at radius 3 is 2.88 bits per heavy atom. The lowest BCUT2D eigenvalue weighted by molar-refractivity contribution is 0.0606. The van der Waals surface area contributed by atoms with Crippen LogP contribution in [0.3, 0.4) is 0 Å². The molecule has 0 radical (unpaired) electrons. The highest BCUT2D eigenvalue weighted by atomic mass is 79.9. The molecule has 0 saturated carbocycles. The summed E-state index contributed by atoms with van der Waals surface area (Å²) in [6.45, 7) is 0. The van der Waals surface area contributed by atoms with Crippen molar-refractivity contribution in [3.05, 3.63) is 25.9 Å². The molecule has 0 spiro atoms. The van der Waals surface area contributed by atoms with Crippen LogP contribution in [0.15, 0.2) is 16.7 Å². The van der Waals surface area contributed by atoms with Gasteiger partial charge in [0.05, 0.1) is 23.5 Å². The topological polar surface area (TPSA) is 44.1 Å². The minimum atomic E-state index is -0.388. The molecule has 0 fully saturated rings. The zero-order valence-electron chi connectivity index (χ0n) is 9.03. The van der Waals surface area contributed by atoms with Crippen molar-refractivity contribution in [1.82, 2.24) is 9.78 Å². The van der Waals surface area contributed by atoms with Crippen molar-refractivity contribution in [1.29, 1.82) is 0 Å². The number of aryl methyl sites for hydroxylation is 1. The number of ether oxygens (including phenoxy) is 1. The van der Waals surface area contributed by atoms with E-state index < -0.39 is 0 Å². The second kappa shape index (κ2) is 4.80. The van der Waals surface area contributed by atoms with Gasteiger partial charge in [0.15, 0.2) is 0 Å². The smallest absolute Gasteiger partial charge is 0.348 e. The summed E-state index contributed by atoms with van der Waals surface area (Å²) in [6, 6.07) is 1.71. The van der Waals surface area contributed by atoms with Crippen LogP contribution in [0.1, 0.15) is 9.67 Å². The molecule has 0 unspecified atom stereocenters. The molecular formula is C10H8BrClN2O2S. The third kappa shape index (κ3) is 2.25. The SMILES string of the molecule is COC(=O)c1cc(-c2c(Br)cnn2C)c(Cl)s1. The number of rotatable bonds is 2. The van der Waals surface area contributed by atoms with Crippen molar-refractivity contribution in [2.75, 3.05) is 7.11 Å². The largest absolute Gasteiger partial charge is 0.465 e. The molecule has 0 aliphatic rings. The van der Waals surface area contributed by atoms with Gasteiger partial charge in [0, 0.05) is 12.6 Å². The third-order valence-corrected chi connectivity index (χ3v) is 4.14. The summed E-state index contributed by atoms with van der Waals surface area (Å²) < 4.78 is 7.72. The molecular weight excluding hydrogens is 328 g/mol. The summed E-state index contributed by atoms with van der Waals surface area (Å²) in [6.07, 6.45) is 1.68. The number of carbonyl (C=O) groups is 1. The van der Waals surface area contributed by atoms with Gasteiger partial charge in [-0.05, 0) is 22.0 Å². The van der Waals surface area contributed by atoms with Crippen LogP contribution in [-0.4, -0.2) is 22.9 Å². The third-order valence-electron chi connectivity index (χ3n) is 2.22. The van der Waals surface area contributed by atoms with Crippen LogP contribution < -0.4 is 0 Å². The monoisotopic (exact) mass is 334 g/mol. The van der Waals surface area contributed by atoms with E-state index in [4.69, 9.17) is 11.6 Å². The average molecular weight is 336 g/mol. The van der Waals surface area contributed by atoms with E-state index in [2.05, 4.69) is 25.8 Å². The quantitative estimate of drug-likeness (QED) is 0.791. The molecule has 0 bridgehead atoms. The fraction of sp³-hybridized carbons (Fsp3) is 0.200. The Kier molecular flexibility index (Phi) is 3.56. The Hall–Kier alpha value is -0.850. The van der Waals surface area contributed by atoms with Crippen molar-refractivity contribution in [3.63, 3.8) is 0 Å². The fourth-order valence-corrected chi connectivity index (χ4v) is 3.20. The number of aromatic nitrogens is 2. The van der Waals surface area contributed by atoms with E-state index in [-0.39, 0.29) is 5.97 Å². The zero-order valence-corrected chi connectivity index (χ0v) is 12.2. The molecule has 0 saturated heterocycles. The first-order chi connectivity index (χ1) is 8.04. The lowest BCUT2D eigenvalue weighted by atomic mass is 10.2. The van der Waals surface area contributed by atoms with Crippen LogP contribution in [0.25, 0.3) is 11.3 Å². The molecule has 0 aliphatic carbocycles. The van der Waals surface area contributed by atoms with E-state index in [9.17, 15) is 4.79 Å². The van der Waals surface area contributed by atoms with Crippen molar-refractivity contribution in [2.24, 2.45) is 7.05 Å². The van der Waals surface area contributed by atoms with Gasteiger partial charge in [-0.1, -0.05) is 11.6 Å². The lowest BCUT2D eigenvalue weighted by Gasteiger charge is -2.00. The zero-order chi connectivity index (χ0) is 12.6.